The van der Waals surface area contributed by atoms with Gasteiger partial charge in [0.2, 0.25) is 0 Å². The van der Waals surface area contributed by atoms with Crippen LogP contribution in [0.25, 0.3) is 12.2 Å². The largest absolute Gasteiger partial charge is 0.537 e. The molecule has 0 aliphatic heterocycles. The van der Waals surface area contributed by atoms with Crippen molar-refractivity contribution in [2.24, 2.45) is 0 Å². The minimum atomic E-state index is -2.88. The molecule has 0 fully saturated rings. The van der Waals surface area contributed by atoms with E-state index in [1.807, 2.05) is 65.8 Å². The molecule has 0 bridgehead atoms. The van der Waals surface area contributed by atoms with E-state index in [9.17, 15) is 0 Å². The van der Waals surface area contributed by atoms with E-state index in [0.717, 1.165) is 21.5 Å². The molecule has 8 heteroatoms. The molecule has 0 aliphatic rings. The third-order valence-electron chi connectivity index (χ3n) is 5.00. The summed E-state index contributed by atoms with van der Waals surface area (Å²) in [4.78, 5) is 0. The second-order valence-corrected chi connectivity index (χ2v) is 12.4. The summed E-state index contributed by atoms with van der Waals surface area (Å²) in [5, 5.41) is 1.95. The van der Waals surface area contributed by atoms with Crippen LogP contribution in [-0.4, -0.2) is 57.3 Å². The average molecular weight is 505 g/mol. The highest BCUT2D eigenvalue weighted by molar-refractivity contribution is 6.75. The predicted molar refractivity (Wildman–Crippen MR) is 142 cm³/mol. The monoisotopic (exact) mass is 504 g/mol. The van der Waals surface area contributed by atoms with E-state index in [2.05, 4.69) is 36.4 Å². The molecular formula is C26H40O6Si2. The molecule has 0 saturated heterocycles. The zero-order valence-electron chi connectivity index (χ0n) is 21.5. The van der Waals surface area contributed by atoms with Gasteiger partial charge in [0, 0.05) is 50.0 Å². The maximum Gasteiger partial charge on any atom is 0.537 e. The molecule has 6 nitrogen and oxygen atoms in total. The van der Waals surface area contributed by atoms with Crippen LogP contribution in [0.1, 0.15) is 52.7 Å². The Morgan fingerprint density at radius 2 is 0.676 bits per heavy atom. The smallest absolute Gasteiger partial charge is 0.370 e. The first-order chi connectivity index (χ1) is 16.5. The highest BCUT2D eigenvalue weighted by Crippen LogP contribution is 2.15. The van der Waals surface area contributed by atoms with Gasteiger partial charge in [-0.3, -0.25) is 0 Å². The highest BCUT2D eigenvalue weighted by atomic mass is 28.4. The van der Waals surface area contributed by atoms with Gasteiger partial charge in [0.25, 0.3) is 0 Å². The molecule has 0 N–H and O–H groups in total. The van der Waals surface area contributed by atoms with Crippen molar-refractivity contribution in [3.8, 4) is 0 Å². The van der Waals surface area contributed by atoms with Crippen molar-refractivity contribution in [1.82, 2.24) is 0 Å². The van der Waals surface area contributed by atoms with Crippen molar-refractivity contribution < 1.29 is 26.6 Å². The lowest BCUT2D eigenvalue weighted by atomic mass is 10.1. The Balaban J connectivity index is 2.20. The van der Waals surface area contributed by atoms with Gasteiger partial charge in [-0.15, -0.1) is 0 Å². The van der Waals surface area contributed by atoms with E-state index < -0.39 is 17.6 Å². The van der Waals surface area contributed by atoms with Gasteiger partial charge in [0.15, 0.2) is 0 Å². The zero-order chi connectivity index (χ0) is 24.9. The van der Waals surface area contributed by atoms with Crippen molar-refractivity contribution in [3.63, 3.8) is 0 Å². The van der Waals surface area contributed by atoms with E-state index in [0.29, 0.717) is 39.6 Å². The molecule has 0 saturated carbocycles. The molecule has 2 aromatic carbocycles. The van der Waals surface area contributed by atoms with Gasteiger partial charge in [0.05, 0.1) is 0 Å². The van der Waals surface area contributed by atoms with Crippen LogP contribution in [0.5, 0.6) is 0 Å². The van der Waals surface area contributed by atoms with Crippen molar-refractivity contribution in [3.05, 3.63) is 59.7 Å². The summed E-state index contributed by atoms with van der Waals surface area (Å²) in [7, 11) is -5.76. The molecule has 0 amide bonds. The normalized spacial score (nSPS) is 12.5. The van der Waals surface area contributed by atoms with Crippen LogP contribution in [0.4, 0.5) is 0 Å². The number of hydrogen-bond acceptors (Lipinski definition) is 6. The van der Waals surface area contributed by atoms with Crippen LogP contribution in [0.15, 0.2) is 48.5 Å². The quantitative estimate of drug-likeness (QED) is 0.250. The van der Waals surface area contributed by atoms with Crippen molar-refractivity contribution in [2.45, 2.75) is 41.5 Å². The lowest BCUT2D eigenvalue weighted by molar-refractivity contribution is 0.0851. The lowest BCUT2D eigenvalue weighted by Crippen LogP contribution is -2.56. The van der Waals surface area contributed by atoms with Gasteiger partial charge in [-0.2, -0.15) is 0 Å². The first-order valence-corrected chi connectivity index (χ1v) is 15.7. The molecular weight excluding hydrogens is 464 g/mol. The van der Waals surface area contributed by atoms with Crippen LogP contribution in [0, 0.1) is 0 Å². The van der Waals surface area contributed by atoms with Crippen LogP contribution >= 0.6 is 0 Å². The first-order valence-electron chi connectivity index (χ1n) is 12.3. The van der Waals surface area contributed by atoms with Crippen molar-refractivity contribution in [1.29, 1.82) is 0 Å². The van der Waals surface area contributed by atoms with Crippen LogP contribution < -0.4 is 10.4 Å². The second-order valence-electron chi connectivity index (χ2n) is 7.29. The third kappa shape index (κ3) is 7.43. The van der Waals surface area contributed by atoms with Gasteiger partial charge in [0.1, 0.15) is 0 Å². The molecule has 0 heterocycles. The fraction of sp³-hybridized carbons (Fsp3) is 0.462. The van der Waals surface area contributed by atoms with Gasteiger partial charge < -0.3 is 26.6 Å². The molecule has 0 unspecified atom stereocenters. The first kappa shape index (κ1) is 28.6. The Bertz CT molecular complexity index is 749. The van der Waals surface area contributed by atoms with E-state index in [1.54, 1.807) is 0 Å². The van der Waals surface area contributed by atoms with Crippen molar-refractivity contribution in [2.75, 3.05) is 39.6 Å². The minimum absolute atomic E-state index is 0.546. The van der Waals surface area contributed by atoms with E-state index in [-0.39, 0.29) is 0 Å². The topological polar surface area (TPSA) is 55.4 Å². The molecule has 2 rings (SSSR count). The van der Waals surface area contributed by atoms with Crippen LogP contribution in [-0.2, 0) is 26.6 Å². The molecule has 0 aromatic heterocycles. The molecule has 34 heavy (non-hydrogen) atoms. The Kier molecular flexibility index (Phi) is 12.4. The lowest BCUT2D eigenvalue weighted by Gasteiger charge is -2.28. The summed E-state index contributed by atoms with van der Waals surface area (Å²) >= 11 is 0. The zero-order valence-corrected chi connectivity index (χ0v) is 23.5. The fourth-order valence-electron chi connectivity index (χ4n) is 3.68. The Morgan fingerprint density at radius 3 is 0.882 bits per heavy atom. The maximum atomic E-state index is 6.01. The maximum absolute atomic E-state index is 6.01. The van der Waals surface area contributed by atoms with E-state index in [1.165, 1.54) is 0 Å². The Hall–Kier alpha value is -1.63. The van der Waals surface area contributed by atoms with Gasteiger partial charge >= 0.3 is 17.6 Å². The summed E-state index contributed by atoms with van der Waals surface area (Å²) in [5.41, 5.74) is 2.17. The molecule has 0 spiro atoms. The van der Waals surface area contributed by atoms with Crippen molar-refractivity contribution >= 4 is 40.1 Å². The van der Waals surface area contributed by atoms with Gasteiger partial charge in [-0.1, -0.05) is 60.7 Å². The molecule has 188 valence electrons. The summed E-state index contributed by atoms with van der Waals surface area (Å²) in [6.45, 7) is 15.1. The molecule has 0 aliphatic carbocycles. The summed E-state index contributed by atoms with van der Waals surface area (Å²) < 4.78 is 36.0. The molecule has 0 atom stereocenters. The summed E-state index contributed by atoms with van der Waals surface area (Å²) in [6, 6.07) is 16.4. The molecule has 2 aromatic rings. The standard InChI is InChI=1S/C26H40O6Si2/c1-7-27-33(28-8-2,29-9-3)25-19-15-23(16-20-25)13-14-24-17-21-26(22-18-24)34(30-10-4,31-11-5)32-12-6/h13-22H,7-12H2,1-6H3/b14-13+. The number of benzene rings is 2. The second kappa shape index (κ2) is 14.7. The van der Waals surface area contributed by atoms with E-state index in [4.69, 9.17) is 26.6 Å². The van der Waals surface area contributed by atoms with Crippen LogP contribution in [0.2, 0.25) is 0 Å². The summed E-state index contributed by atoms with van der Waals surface area (Å²) in [6.07, 6.45) is 4.17. The molecule has 0 radical (unpaired) electrons. The third-order valence-corrected chi connectivity index (χ3v) is 11.1. The number of rotatable bonds is 16. The Morgan fingerprint density at radius 1 is 0.441 bits per heavy atom. The predicted octanol–water partition coefficient (Wildman–Crippen LogP) is 4.37. The minimum Gasteiger partial charge on any atom is -0.370 e. The van der Waals surface area contributed by atoms with Gasteiger partial charge in [-0.05, 0) is 52.7 Å². The Labute approximate surface area is 207 Å². The van der Waals surface area contributed by atoms with Crippen LogP contribution in [0.3, 0.4) is 0 Å². The average Bonchev–Trinajstić information content (AvgIpc) is 2.84. The summed E-state index contributed by atoms with van der Waals surface area (Å²) in [5.74, 6) is 0. The van der Waals surface area contributed by atoms with E-state index >= 15 is 0 Å². The SMILES string of the molecule is CCO[Si](OCC)(OCC)c1ccc(/C=C/c2ccc([Si](OCC)(OCC)OCC)cc2)cc1. The fourth-order valence-corrected chi connectivity index (χ4v) is 8.61. The van der Waals surface area contributed by atoms with Gasteiger partial charge in [-0.25, -0.2) is 0 Å². The highest BCUT2D eigenvalue weighted by Gasteiger charge is 2.43. The number of hydrogen-bond donors (Lipinski definition) is 0.